The highest BCUT2D eigenvalue weighted by atomic mass is 35.5. The summed E-state index contributed by atoms with van der Waals surface area (Å²) in [5.74, 6) is -0.928. The van der Waals surface area contributed by atoms with Crippen LogP contribution in [0.25, 0.3) is 5.70 Å². The Hall–Kier alpha value is -1.80. The summed E-state index contributed by atoms with van der Waals surface area (Å²) in [6.07, 6.45) is -2.93. The Morgan fingerprint density at radius 3 is 2.30 bits per heavy atom. The average Bonchev–Trinajstić information content (AvgIpc) is 3.25. The van der Waals surface area contributed by atoms with Gasteiger partial charge in [-0.15, -0.1) is 0 Å². The van der Waals surface area contributed by atoms with E-state index in [2.05, 4.69) is 10.5 Å². The average molecular weight is 603 g/mol. The Labute approximate surface area is 224 Å². The maximum Gasteiger partial charge on any atom is 0.428 e. The molecule has 2 aromatic rings. The van der Waals surface area contributed by atoms with Crippen molar-refractivity contribution in [3.63, 3.8) is 0 Å². The third-order valence-corrected chi connectivity index (χ3v) is 9.59. The minimum absolute atomic E-state index is 0.0102. The number of aromatic nitrogens is 1. The van der Waals surface area contributed by atoms with Crippen molar-refractivity contribution >= 4 is 57.0 Å². The lowest BCUT2D eigenvalue weighted by molar-refractivity contribution is -0.269. The number of carbonyl (C=O) groups is 1. The van der Waals surface area contributed by atoms with Crippen LogP contribution in [0.2, 0.25) is 15.1 Å². The third-order valence-electron chi connectivity index (χ3n) is 6.52. The van der Waals surface area contributed by atoms with Gasteiger partial charge in [0.2, 0.25) is 11.5 Å². The molecule has 7 nitrogen and oxygen atoms in total. The highest BCUT2D eigenvalue weighted by Crippen LogP contribution is 2.53. The molecule has 37 heavy (non-hydrogen) atoms. The quantitative estimate of drug-likeness (QED) is 0.304. The van der Waals surface area contributed by atoms with Crippen LogP contribution in [0.3, 0.4) is 0 Å². The first-order chi connectivity index (χ1) is 17.1. The molecule has 1 atom stereocenters. The van der Waals surface area contributed by atoms with E-state index in [1.54, 1.807) is 0 Å². The first-order valence-electron chi connectivity index (χ1n) is 10.7. The third kappa shape index (κ3) is 4.56. The lowest BCUT2D eigenvalue weighted by Gasteiger charge is -2.51. The molecule has 1 amide bonds. The standard InChI is InChI=1S/C22H18Cl3F4N3O4S/c23-14-3-13(4-15(24)18(14)25)21(22(27,28)29)5-16(31-36-21)11-1-2-17(30-6-11)20(26)9-32(10-20)19(33)12-7-37(34,35)8-12/h1-6,12,31,34-35H,7-10H2. The van der Waals surface area contributed by atoms with Crippen LogP contribution in [-0.4, -0.2) is 55.7 Å². The van der Waals surface area contributed by atoms with E-state index in [1.807, 2.05) is 0 Å². The van der Waals surface area contributed by atoms with Crippen LogP contribution in [0.15, 0.2) is 36.5 Å². The van der Waals surface area contributed by atoms with E-state index < -0.39 is 39.5 Å². The Morgan fingerprint density at radius 1 is 1.16 bits per heavy atom. The molecule has 0 aliphatic carbocycles. The fourth-order valence-electron chi connectivity index (χ4n) is 4.45. The van der Waals surface area contributed by atoms with Gasteiger partial charge in [0.25, 0.3) is 0 Å². The molecule has 0 radical (unpaired) electrons. The van der Waals surface area contributed by atoms with Crippen LogP contribution in [-0.2, 0) is 20.9 Å². The highest BCUT2D eigenvalue weighted by Gasteiger charge is 2.60. The molecule has 4 heterocycles. The molecule has 3 aliphatic rings. The van der Waals surface area contributed by atoms with Crippen molar-refractivity contribution in [2.45, 2.75) is 17.4 Å². The van der Waals surface area contributed by atoms with E-state index in [1.165, 1.54) is 23.2 Å². The maximum atomic E-state index is 15.3. The Morgan fingerprint density at radius 2 is 1.78 bits per heavy atom. The number of nitrogens with one attached hydrogen (secondary N) is 1. The minimum Gasteiger partial charge on any atom is -0.335 e. The Kier molecular flexibility index (Phi) is 6.42. The number of likely N-dealkylation sites (tertiary alicyclic amines) is 1. The lowest BCUT2D eigenvalue weighted by atomic mass is 9.89. The Bertz CT molecular complexity index is 1270. The second kappa shape index (κ2) is 8.87. The number of alkyl halides is 4. The van der Waals surface area contributed by atoms with Gasteiger partial charge in [-0.2, -0.15) is 23.8 Å². The molecular weight excluding hydrogens is 585 g/mol. The van der Waals surface area contributed by atoms with Gasteiger partial charge in [0.05, 0.1) is 57.0 Å². The van der Waals surface area contributed by atoms with Crippen LogP contribution in [0.4, 0.5) is 17.6 Å². The SMILES string of the molecule is O=C(C1CS(O)(O)C1)N1CC(F)(c2ccc(C3=CC(c4cc(Cl)c(Cl)c(Cl)c4)(C(F)(F)F)ON3)cn2)C1. The summed E-state index contributed by atoms with van der Waals surface area (Å²) >= 11 is 17.8. The molecule has 15 heteroatoms. The summed E-state index contributed by atoms with van der Waals surface area (Å²) in [5, 5.41) is -0.466. The van der Waals surface area contributed by atoms with Crippen molar-refractivity contribution in [3.8, 4) is 0 Å². The van der Waals surface area contributed by atoms with Gasteiger partial charge in [0.1, 0.15) is 0 Å². The number of rotatable bonds is 4. The number of nitrogens with zero attached hydrogens (tertiary/aromatic N) is 2. The monoisotopic (exact) mass is 601 g/mol. The van der Waals surface area contributed by atoms with Crippen molar-refractivity contribution in [1.82, 2.24) is 15.4 Å². The summed E-state index contributed by atoms with van der Waals surface area (Å²) in [4.78, 5) is 22.7. The van der Waals surface area contributed by atoms with Gasteiger partial charge < -0.3 is 4.90 Å². The van der Waals surface area contributed by atoms with Crippen LogP contribution in [0, 0.1) is 5.92 Å². The smallest absolute Gasteiger partial charge is 0.335 e. The zero-order chi connectivity index (χ0) is 27.0. The van der Waals surface area contributed by atoms with Gasteiger partial charge in [-0.1, -0.05) is 34.8 Å². The zero-order valence-electron chi connectivity index (χ0n) is 18.5. The fourth-order valence-corrected chi connectivity index (χ4v) is 6.52. The van der Waals surface area contributed by atoms with Crippen LogP contribution < -0.4 is 5.48 Å². The van der Waals surface area contributed by atoms with E-state index in [-0.39, 0.29) is 62.5 Å². The number of carbonyl (C=O) groups excluding carboxylic acids is 1. The molecule has 0 spiro atoms. The van der Waals surface area contributed by atoms with Crippen molar-refractivity contribution in [3.05, 3.63) is 68.4 Å². The zero-order valence-corrected chi connectivity index (χ0v) is 21.6. The topological polar surface area (TPSA) is 94.9 Å². The van der Waals surface area contributed by atoms with Gasteiger partial charge in [0, 0.05) is 17.3 Å². The molecule has 1 aromatic carbocycles. The summed E-state index contributed by atoms with van der Waals surface area (Å²) in [6, 6.07) is 4.72. The molecule has 3 aliphatic heterocycles. The number of benzene rings is 1. The van der Waals surface area contributed by atoms with Crippen molar-refractivity contribution in [2.75, 3.05) is 24.6 Å². The van der Waals surface area contributed by atoms with Gasteiger partial charge in [-0.25, -0.2) is 4.39 Å². The largest absolute Gasteiger partial charge is 0.428 e. The Balaban J connectivity index is 1.35. The lowest BCUT2D eigenvalue weighted by Crippen LogP contribution is -2.62. The first kappa shape index (κ1) is 26.8. The molecule has 2 saturated heterocycles. The molecule has 2 fully saturated rings. The molecular formula is C22H18Cl3F4N3O4S. The fraction of sp³-hybridized carbons (Fsp3) is 0.364. The van der Waals surface area contributed by atoms with Crippen molar-refractivity contribution in [2.24, 2.45) is 5.92 Å². The molecule has 1 unspecified atom stereocenters. The molecule has 0 saturated carbocycles. The summed E-state index contributed by atoms with van der Waals surface area (Å²) in [7, 11) is -2.69. The van der Waals surface area contributed by atoms with E-state index in [0.717, 1.165) is 18.2 Å². The van der Waals surface area contributed by atoms with Crippen molar-refractivity contribution < 1.29 is 36.3 Å². The number of halogens is 7. The summed E-state index contributed by atoms with van der Waals surface area (Å²) in [6.45, 7) is -0.513. The molecule has 3 N–H and O–H groups in total. The minimum atomic E-state index is -4.92. The summed E-state index contributed by atoms with van der Waals surface area (Å²) in [5.41, 5.74) is -2.87. The molecule has 200 valence electrons. The number of hydroxylamine groups is 1. The van der Waals surface area contributed by atoms with Crippen LogP contribution >= 0.6 is 45.4 Å². The van der Waals surface area contributed by atoms with E-state index >= 15 is 4.39 Å². The van der Waals surface area contributed by atoms with Crippen molar-refractivity contribution in [1.29, 1.82) is 0 Å². The maximum absolute atomic E-state index is 15.3. The second-order valence-corrected chi connectivity index (χ2v) is 12.6. The first-order valence-corrected chi connectivity index (χ1v) is 13.7. The predicted molar refractivity (Wildman–Crippen MR) is 131 cm³/mol. The van der Waals surface area contributed by atoms with Gasteiger partial charge in [0.15, 0.2) is 5.67 Å². The van der Waals surface area contributed by atoms with E-state index in [9.17, 15) is 27.1 Å². The second-order valence-electron chi connectivity index (χ2n) is 9.17. The number of amides is 1. The number of hydrogen-bond acceptors (Lipinski definition) is 6. The van der Waals surface area contributed by atoms with E-state index in [0.29, 0.717) is 0 Å². The van der Waals surface area contributed by atoms with Gasteiger partial charge >= 0.3 is 6.18 Å². The highest BCUT2D eigenvalue weighted by molar-refractivity contribution is 8.25. The van der Waals surface area contributed by atoms with Crippen LogP contribution in [0.5, 0.6) is 0 Å². The summed E-state index contributed by atoms with van der Waals surface area (Å²) < 4.78 is 76.9. The molecule has 0 bridgehead atoms. The van der Waals surface area contributed by atoms with Gasteiger partial charge in [-0.3, -0.25) is 29.2 Å². The molecule has 1 aromatic heterocycles. The van der Waals surface area contributed by atoms with Crippen LogP contribution in [0.1, 0.15) is 16.8 Å². The number of pyridine rings is 1. The van der Waals surface area contributed by atoms with E-state index in [4.69, 9.17) is 39.6 Å². The normalized spacial score (nSPS) is 25.5. The van der Waals surface area contributed by atoms with Gasteiger partial charge in [-0.05, 0) is 30.3 Å². The number of hydrogen-bond donors (Lipinski definition) is 3. The molecule has 5 rings (SSSR count). The predicted octanol–water partition coefficient (Wildman–Crippen LogP) is 5.76.